The van der Waals surface area contributed by atoms with E-state index < -0.39 is 8.07 Å². The van der Waals surface area contributed by atoms with Gasteiger partial charge < -0.3 is 0 Å². The van der Waals surface area contributed by atoms with Gasteiger partial charge in [-0.05, 0) is 78.9 Å². The van der Waals surface area contributed by atoms with Crippen LogP contribution in [0, 0.1) is 0 Å². The van der Waals surface area contributed by atoms with Gasteiger partial charge in [-0.25, -0.2) is 0 Å². The molecule has 0 N–H and O–H groups in total. The lowest BCUT2D eigenvalue weighted by Crippen LogP contribution is -2.52. The summed E-state index contributed by atoms with van der Waals surface area (Å²) in [4.78, 5) is 0. The number of rotatable bonds is 4. The second-order valence-electron chi connectivity index (χ2n) is 12.2. The minimum absolute atomic E-state index is 1.24. The summed E-state index contributed by atoms with van der Waals surface area (Å²) in [6.07, 6.45) is 4.70. The van der Waals surface area contributed by atoms with Crippen LogP contribution in [0.2, 0.25) is 13.1 Å². The smallest absolute Gasteiger partial charge is 0.0620 e. The van der Waals surface area contributed by atoms with E-state index in [9.17, 15) is 0 Å². The molecule has 0 amide bonds. The van der Waals surface area contributed by atoms with E-state index >= 15 is 0 Å². The van der Waals surface area contributed by atoms with Gasteiger partial charge in [0.2, 0.25) is 0 Å². The van der Waals surface area contributed by atoms with Crippen LogP contribution in [0.4, 0.5) is 0 Å². The molecule has 0 radical (unpaired) electrons. The second kappa shape index (κ2) is 10.1. The van der Waals surface area contributed by atoms with Crippen LogP contribution in [-0.2, 0) is 0 Å². The minimum Gasteiger partial charge on any atom is -0.0620 e. The van der Waals surface area contributed by atoms with Gasteiger partial charge in [-0.2, -0.15) is 0 Å². The Morgan fingerprint density at radius 3 is 0.860 bits per heavy atom. The van der Waals surface area contributed by atoms with Crippen LogP contribution in [0.15, 0.2) is 146 Å². The number of hydrogen-bond acceptors (Lipinski definition) is 0. The Labute approximate surface area is 255 Å². The van der Waals surface area contributed by atoms with Gasteiger partial charge in [0.25, 0.3) is 0 Å². The Hall–Kier alpha value is -4.98. The Morgan fingerprint density at radius 1 is 0.326 bits per heavy atom. The molecule has 2 aliphatic rings. The molecule has 43 heavy (non-hydrogen) atoms. The summed E-state index contributed by atoms with van der Waals surface area (Å²) in [5.41, 5.74) is 15.7. The summed E-state index contributed by atoms with van der Waals surface area (Å²) in [5, 5.41) is 2.90. The highest BCUT2D eigenvalue weighted by Crippen LogP contribution is 2.45. The van der Waals surface area contributed by atoms with Gasteiger partial charge in [0.15, 0.2) is 0 Å². The van der Waals surface area contributed by atoms with Crippen LogP contribution in [0.1, 0.15) is 33.4 Å². The molecular weight excluding hydrogens is 533 g/mol. The van der Waals surface area contributed by atoms with E-state index in [2.05, 4.69) is 171 Å². The summed E-state index contributed by atoms with van der Waals surface area (Å²) in [6.45, 7) is 4.92. The maximum absolute atomic E-state index is 2.46. The standard InChI is InChI=1S/C42H32Si/c1-43(2,31-23-19-29(20-24-31)27-41-37-15-7-3-11-33(37)34-12-4-8-16-38(34)41)32-25-21-30(22-26-32)28-42-39-17-9-5-13-35(39)36-14-6-10-18-40(36)42/h3-28H,1-2H3. The zero-order valence-electron chi connectivity index (χ0n) is 24.5. The molecule has 0 nitrogen and oxygen atoms in total. The lowest BCUT2D eigenvalue weighted by Gasteiger charge is -2.24. The molecule has 0 fully saturated rings. The van der Waals surface area contributed by atoms with E-state index in [-0.39, 0.29) is 0 Å². The fourth-order valence-corrected chi connectivity index (χ4v) is 9.24. The average molecular weight is 565 g/mol. The first-order valence-electron chi connectivity index (χ1n) is 15.1. The molecule has 0 saturated heterocycles. The fourth-order valence-electron chi connectivity index (χ4n) is 6.90. The summed E-state index contributed by atoms with van der Waals surface area (Å²) >= 11 is 0. The third-order valence-corrected chi connectivity index (χ3v) is 12.9. The molecular formula is C42H32Si. The van der Waals surface area contributed by atoms with Crippen molar-refractivity contribution in [2.45, 2.75) is 13.1 Å². The van der Waals surface area contributed by atoms with Crippen LogP contribution in [0.5, 0.6) is 0 Å². The fraction of sp³-hybridized carbons (Fsp3) is 0.0476. The van der Waals surface area contributed by atoms with Crippen molar-refractivity contribution >= 4 is 41.7 Å². The number of benzene rings is 6. The van der Waals surface area contributed by atoms with E-state index in [0.717, 1.165) is 0 Å². The first-order valence-corrected chi connectivity index (χ1v) is 18.1. The van der Waals surface area contributed by atoms with Crippen LogP contribution in [0.3, 0.4) is 0 Å². The largest absolute Gasteiger partial charge is 0.112 e. The quantitative estimate of drug-likeness (QED) is 0.187. The van der Waals surface area contributed by atoms with Crippen LogP contribution in [-0.4, -0.2) is 8.07 Å². The van der Waals surface area contributed by atoms with Crippen molar-refractivity contribution in [1.82, 2.24) is 0 Å². The normalized spacial score (nSPS) is 12.8. The molecule has 0 spiro atoms. The second-order valence-corrected chi connectivity index (χ2v) is 16.6. The highest BCUT2D eigenvalue weighted by atomic mass is 28.3. The van der Waals surface area contributed by atoms with Crippen molar-refractivity contribution in [1.29, 1.82) is 0 Å². The van der Waals surface area contributed by atoms with Crippen molar-refractivity contribution < 1.29 is 0 Å². The molecule has 0 unspecified atom stereocenters. The summed E-state index contributed by atoms with van der Waals surface area (Å²) < 4.78 is 0. The zero-order chi connectivity index (χ0) is 29.0. The molecule has 1 heteroatoms. The summed E-state index contributed by atoms with van der Waals surface area (Å²) in [7, 11) is -1.86. The van der Waals surface area contributed by atoms with Gasteiger partial charge >= 0.3 is 0 Å². The van der Waals surface area contributed by atoms with E-state index in [1.807, 2.05) is 0 Å². The van der Waals surface area contributed by atoms with E-state index in [4.69, 9.17) is 0 Å². The molecule has 204 valence electrons. The lowest BCUT2D eigenvalue weighted by molar-refractivity contribution is 1.62. The number of hydrogen-bond donors (Lipinski definition) is 0. The monoisotopic (exact) mass is 564 g/mol. The molecule has 0 saturated carbocycles. The van der Waals surface area contributed by atoms with Gasteiger partial charge in [0, 0.05) is 0 Å². The molecule has 6 aromatic carbocycles. The minimum atomic E-state index is -1.86. The molecule has 2 aliphatic carbocycles. The third-order valence-electron chi connectivity index (χ3n) is 9.34. The van der Waals surface area contributed by atoms with Gasteiger partial charge in [-0.15, -0.1) is 0 Å². The Balaban J connectivity index is 1.08. The van der Waals surface area contributed by atoms with Gasteiger partial charge in [-0.1, -0.05) is 169 Å². The highest BCUT2D eigenvalue weighted by molar-refractivity contribution is 7.00. The predicted octanol–water partition coefficient (Wildman–Crippen LogP) is 9.65. The first-order chi connectivity index (χ1) is 21.1. The van der Waals surface area contributed by atoms with Crippen LogP contribution in [0.25, 0.3) is 45.6 Å². The van der Waals surface area contributed by atoms with Crippen LogP contribution < -0.4 is 10.4 Å². The van der Waals surface area contributed by atoms with E-state index in [1.54, 1.807) is 0 Å². The SMILES string of the molecule is C[Si](C)(c1ccc(C=C2c3ccccc3-c3ccccc32)cc1)c1ccc(C=C2c3ccccc3-c3ccccc32)cc1. The predicted molar refractivity (Wildman–Crippen MR) is 187 cm³/mol. The lowest BCUT2D eigenvalue weighted by atomic mass is 10.0. The highest BCUT2D eigenvalue weighted by Gasteiger charge is 2.27. The van der Waals surface area contributed by atoms with Crippen LogP contribution >= 0.6 is 0 Å². The maximum atomic E-state index is 2.46. The Morgan fingerprint density at radius 2 is 0.581 bits per heavy atom. The van der Waals surface area contributed by atoms with Crippen molar-refractivity contribution in [3.8, 4) is 22.3 Å². The van der Waals surface area contributed by atoms with Crippen molar-refractivity contribution in [3.05, 3.63) is 179 Å². The van der Waals surface area contributed by atoms with Gasteiger partial charge in [0.1, 0.15) is 8.07 Å². The Kier molecular flexibility index (Phi) is 6.03. The molecule has 0 aliphatic heterocycles. The first kappa shape index (κ1) is 25.7. The molecule has 8 rings (SSSR count). The van der Waals surface area contributed by atoms with E-state index in [1.165, 1.54) is 77.2 Å². The third kappa shape index (κ3) is 4.28. The number of fused-ring (bicyclic) bond motifs is 6. The average Bonchev–Trinajstić information content (AvgIpc) is 3.54. The van der Waals surface area contributed by atoms with Gasteiger partial charge in [-0.3, -0.25) is 0 Å². The van der Waals surface area contributed by atoms with Gasteiger partial charge in [0.05, 0.1) is 0 Å². The maximum Gasteiger partial charge on any atom is 0.112 e. The van der Waals surface area contributed by atoms with E-state index in [0.29, 0.717) is 0 Å². The molecule has 6 aromatic rings. The van der Waals surface area contributed by atoms with Crippen molar-refractivity contribution in [2.75, 3.05) is 0 Å². The molecule has 0 atom stereocenters. The van der Waals surface area contributed by atoms with Crippen molar-refractivity contribution in [3.63, 3.8) is 0 Å². The molecule has 0 heterocycles. The zero-order valence-corrected chi connectivity index (χ0v) is 25.5. The van der Waals surface area contributed by atoms with Crippen molar-refractivity contribution in [2.24, 2.45) is 0 Å². The topological polar surface area (TPSA) is 0 Å². The molecule has 0 aromatic heterocycles. The summed E-state index contributed by atoms with van der Waals surface area (Å²) in [6, 6.07) is 53.7. The Bertz CT molecular complexity index is 1830. The summed E-state index contributed by atoms with van der Waals surface area (Å²) in [5.74, 6) is 0. The molecule has 0 bridgehead atoms.